The van der Waals surface area contributed by atoms with Crippen molar-refractivity contribution in [3.8, 4) is 0 Å². The molecule has 0 saturated heterocycles. The Balaban J connectivity index is 0.00000126. The number of hydrogen-bond acceptors (Lipinski definition) is 6. The van der Waals surface area contributed by atoms with Gasteiger partial charge in [0, 0.05) is 0 Å². The van der Waals surface area contributed by atoms with Crippen LogP contribution in [0.15, 0.2) is 50.8 Å². The number of aliphatic imine (C=N–C) groups is 2. The van der Waals surface area contributed by atoms with Gasteiger partial charge in [0.15, 0.2) is 0 Å². The molecule has 0 N–H and O–H groups in total. The number of benzene rings is 2. The maximum absolute atomic E-state index is 10.7. The van der Waals surface area contributed by atoms with Gasteiger partial charge in [0.2, 0.25) is 0 Å². The summed E-state index contributed by atoms with van der Waals surface area (Å²) in [6, 6.07) is 12.6. The number of rotatable bonds is 5. The largest absolute Gasteiger partial charge is 2.00 e. The van der Waals surface area contributed by atoms with Crippen molar-refractivity contribution < 1.29 is 47.6 Å². The molecule has 3 aromatic rings. The molecule has 39 heavy (non-hydrogen) atoms. The van der Waals surface area contributed by atoms with E-state index in [0.717, 1.165) is 34.3 Å². The molecule has 1 atom stereocenters. The van der Waals surface area contributed by atoms with E-state index in [1.54, 1.807) is 0 Å². The molecule has 214 valence electrons. The van der Waals surface area contributed by atoms with Crippen LogP contribution >= 0.6 is 0 Å². The number of hydrogen-bond donors (Lipinski definition) is 0. The molecule has 0 aliphatic carbocycles. The fraction of sp³-hybridized carbons (Fsp3) is 0.321. The quantitative estimate of drug-likeness (QED) is 0.127. The van der Waals surface area contributed by atoms with Crippen LogP contribution in [0.3, 0.4) is 0 Å². The van der Waals surface area contributed by atoms with E-state index >= 15 is 0 Å². The summed E-state index contributed by atoms with van der Waals surface area (Å²) in [5.41, 5.74) is 11.0. The van der Waals surface area contributed by atoms with E-state index in [0.29, 0.717) is 0 Å². The summed E-state index contributed by atoms with van der Waals surface area (Å²) < 4.78 is 58.7. The van der Waals surface area contributed by atoms with Crippen molar-refractivity contribution in [2.24, 2.45) is 9.98 Å². The van der Waals surface area contributed by atoms with E-state index in [-0.39, 0.29) is 24.5 Å². The van der Waals surface area contributed by atoms with Gasteiger partial charge in [-0.15, -0.1) is 13.2 Å². The number of alkyl halides is 3. The van der Waals surface area contributed by atoms with Crippen LogP contribution in [0.4, 0.5) is 24.5 Å². The molecule has 6 nitrogen and oxygen atoms in total. The third-order valence-corrected chi connectivity index (χ3v) is 5.64. The zero-order valence-electron chi connectivity index (χ0n) is 23.4. The minimum atomic E-state index is -5.09. The van der Waals surface area contributed by atoms with Crippen LogP contribution in [0.5, 0.6) is 0 Å². The first kappa shape index (κ1) is 36.4. The van der Waals surface area contributed by atoms with Crippen LogP contribution in [0.1, 0.15) is 58.7 Å². The maximum Gasteiger partial charge on any atom is 2.00 e. The van der Waals surface area contributed by atoms with Crippen molar-refractivity contribution in [2.75, 3.05) is 0 Å². The predicted octanol–water partition coefficient (Wildman–Crippen LogP) is 8.18. The molecule has 0 amide bonds. The van der Waals surface area contributed by atoms with Crippen molar-refractivity contribution in [1.82, 2.24) is 0 Å². The second kappa shape index (κ2) is 15.3. The molecule has 11 heteroatoms. The first-order chi connectivity index (χ1) is 17.1. The zero-order valence-corrected chi connectivity index (χ0v) is 25.3. The van der Waals surface area contributed by atoms with E-state index in [9.17, 15) is 13.2 Å². The SMILES string of the molecule is CC(=Nc1c(C)cc(C)cc1C)c1ccc(C(C)=Nc2c(C)cc(C)cc2C)o1.O=S([O-])OC(F)(F)F.[CH3-].[Fe+2]. The van der Waals surface area contributed by atoms with Gasteiger partial charge in [-0.3, -0.25) is 0 Å². The first-order valence-corrected chi connectivity index (χ1v) is 12.3. The van der Waals surface area contributed by atoms with Gasteiger partial charge in [-0.2, -0.15) is 0 Å². The molecule has 0 fully saturated rings. The summed E-state index contributed by atoms with van der Waals surface area (Å²) in [5, 5.41) is 0. The average molecular weight is 606 g/mol. The van der Waals surface area contributed by atoms with Crippen molar-refractivity contribution in [1.29, 1.82) is 0 Å². The summed E-state index contributed by atoms with van der Waals surface area (Å²) in [6.45, 7) is 16.6. The standard InChI is InChI=1S/C26H30N2O.CHF3O3S.CH3.Fe/c1-15-11-17(3)25(18(4)12-15)27-21(7)23-9-10-24(29-23)22(8)28-26-19(5)13-16(2)14-20(26)6;2-1(3,4)7-8(5)6;;/h9-14H,1-8H3;(H,5,6);1H3;/q;;-1;+2/p-1. The molecule has 1 aromatic heterocycles. The van der Waals surface area contributed by atoms with Gasteiger partial charge in [-0.05, 0) is 89.8 Å². The molecule has 0 aliphatic heterocycles. The van der Waals surface area contributed by atoms with Crippen molar-refractivity contribution in [3.63, 3.8) is 0 Å². The van der Waals surface area contributed by atoms with Crippen LogP contribution in [-0.4, -0.2) is 26.5 Å². The molecular weight excluding hydrogens is 573 g/mol. The first-order valence-electron chi connectivity index (χ1n) is 11.3. The van der Waals surface area contributed by atoms with E-state index < -0.39 is 17.7 Å². The number of nitrogens with zero attached hydrogens (tertiary/aromatic N) is 2. The van der Waals surface area contributed by atoms with Crippen LogP contribution in [0, 0.1) is 49.0 Å². The van der Waals surface area contributed by atoms with Gasteiger partial charge >= 0.3 is 23.4 Å². The van der Waals surface area contributed by atoms with Crippen molar-refractivity contribution >= 4 is 34.2 Å². The Labute approximate surface area is 241 Å². The molecule has 0 spiro atoms. The van der Waals surface area contributed by atoms with Gasteiger partial charge in [0.1, 0.15) is 11.5 Å². The normalized spacial score (nSPS) is 12.6. The molecular formula is C28H33F3FeN2O4S. The van der Waals surface area contributed by atoms with E-state index in [1.807, 2.05) is 26.0 Å². The number of halogens is 3. The third-order valence-electron chi connectivity index (χ3n) is 5.31. The van der Waals surface area contributed by atoms with Crippen LogP contribution in [0.2, 0.25) is 0 Å². The summed E-state index contributed by atoms with van der Waals surface area (Å²) in [6.07, 6.45) is -5.09. The Kier molecular flexibility index (Phi) is 14.3. The zero-order chi connectivity index (χ0) is 28.1. The molecule has 1 unspecified atom stereocenters. The fourth-order valence-corrected chi connectivity index (χ4v) is 4.10. The third kappa shape index (κ3) is 11.2. The van der Waals surface area contributed by atoms with Crippen molar-refractivity contribution in [2.45, 2.75) is 61.8 Å². The summed E-state index contributed by atoms with van der Waals surface area (Å²) in [7, 11) is 0. The molecule has 0 bridgehead atoms. The summed E-state index contributed by atoms with van der Waals surface area (Å²) in [5.74, 6) is 1.54. The Morgan fingerprint density at radius 2 is 1.10 bits per heavy atom. The molecule has 0 radical (unpaired) electrons. The Bertz CT molecular complexity index is 1230. The van der Waals surface area contributed by atoms with Gasteiger partial charge in [0.05, 0.1) is 34.2 Å². The van der Waals surface area contributed by atoms with Crippen LogP contribution < -0.4 is 0 Å². The second-order valence-electron chi connectivity index (χ2n) is 8.79. The minimum absolute atomic E-state index is 0. The minimum Gasteiger partial charge on any atom is -0.750 e. The number of aryl methyl sites for hydroxylation is 6. The Morgan fingerprint density at radius 1 is 0.795 bits per heavy atom. The average Bonchev–Trinajstić information content (AvgIpc) is 3.22. The molecule has 2 aromatic carbocycles. The Hall–Kier alpha value is -2.56. The topological polar surface area (TPSA) is 87.2 Å². The monoisotopic (exact) mass is 606 g/mol. The van der Waals surface area contributed by atoms with Gasteiger partial charge < -0.3 is 16.4 Å². The molecule has 3 rings (SSSR count). The summed E-state index contributed by atoms with van der Waals surface area (Å²) in [4.78, 5) is 9.69. The van der Waals surface area contributed by atoms with Gasteiger partial charge in [0.25, 0.3) is 0 Å². The smallest absolute Gasteiger partial charge is 0.750 e. The molecule has 1 heterocycles. The van der Waals surface area contributed by atoms with Gasteiger partial charge in [-0.1, -0.05) is 35.4 Å². The fourth-order valence-electron chi connectivity index (χ4n) is 3.95. The van der Waals surface area contributed by atoms with Crippen molar-refractivity contribution in [3.05, 3.63) is 88.7 Å². The van der Waals surface area contributed by atoms with E-state index in [4.69, 9.17) is 23.2 Å². The second-order valence-corrected chi connectivity index (χ2v) is 9.36. The van der Waals surface area contributed by atoms with E-state index in [2.05, 4.69) is 70.0 Å². The number of furan rings is 1. The predicted molar refractivity (Wildman–Crippen MR) is 146 cm³/mol. The van der Waals surface area contributed by atoms with Gasteiger partial charge in [-0.25, -0.2) is 18.4 Å². The maximum atomic E-state index is 10.7. The summed E-state index contributed by atoms with van der Waals surface area (Å²) >= 11 is -3.51. The van der Waals surface area contributed by atoms with Crippen LogP contribution in [-0.2, 0) is 32.6 Å². The molecule has 0 aliphatic rings. The van der Waals surface area contributed by atoms with E-state index in [1.165, 1.54) is 33.4 Å². The Morgan fingerprint density at radius 3 is 1.33 bits per heavy atom. The van der Waals surface area contributed by atoms with Crippen LogP contribution in [0.25, 0.3) is 0 Å². The molecule has 0 saturated carbocycles.